The van der Waals surface area contributed by atoms with Gasteiger partial charge in [0.05, 0.1) is 6.10 Å². The Hall–Kier alpha value is -1.46. The zero-order valence-corrected chi connectivity index (χ0v) is 12.0. The highest BCUT2D eigenvalue weighted by Gasteiger charge is 2.23. The number of piperidine rings is 1. The molecule has 1 fully saturated rings. The summed E-state index contributed by atoms with van der Waals surface area (Å²) in [6, 6.07) is 3.52. The van der Waals surface area contributed by atoms with E-state index >= 15 is 0 Å². The molecule has 5 nitrogen and oxygen atoms in total. The summed E-state index contributed by atoms with van der Waals surface area (Å²) in [4.78, 5) is 18.1. The predicted octanol–water partition coefficient (Wildman–Crippen LogP) is 1.74. The highest BCUT2D eigenvalue weighted by molar-refractivity contribution is 5.94. The van der Waals surface area contributed by atoms with E-state index in [1.54, 1.807) is 31.6 Å². The average molecular weight is 278 g/mol. The summed E-state index contributed by atoms with van der Waals surface area (Å²) < 4.78 is 10.8. The minimum absolute atomic E-state index is 0.0882. The average Bonchev–Trinajstić information content (AvgIpc) is 2.52. The van der Waals surface area contributed by atoms with Gasteiger partial charge in [-0.15, -0.1) is 0 Å². The van der Waals surface area contributed by atoms with Crippen LogP contribution in [0, 0.1) is 0 Å². The molecule has 0 radical (unpaired) electrons. The minimum atomic E-state index is 0.0882. The molecule has 0 aliphatic carbocycles. The fourth-order valence-corrected chi connectivity index (χ4v) is 2.36. The first-order valence-corrected chi connectivity index (χ1v) is 7.11. The lowest BCUT2D eigenvalue weighted by atomic mass is 10.1. The summed E-state index contributed by atoms with van der Waals surface area (Å²) in [6.45, 7) is 2.99. The Morgan fingerprint density at radius 2 is 2.00 bits per heavy atom. The molecular formula is C15H22N2O3. The Balaban J connectivity index is 1.73. The number of carbonyl (C=O) groups is 1. The van der Waals surface area contributed by atoms with Crippen LogP contribution in [0.4, 0.5) is 0 Å². The number of hydrogen-bond acceptors (Lipinski definition) is 4. The number of nitrogens with zero attached hydrogens (tertiary/aromatic N) is 2. The standard InChI is InChI=1S/C15H22N2O3/c1-19-11-2-12-20-14-5-9-17(10-6-14)15(18)13-3-7-16-8-4-13/h3-4,7-8,14H,2,5-6,9-12H2,1H3. The van der Waals surface area contributed by atoms with Crippen LogP contribution in [-0.4, -0.2) is 55.3 Å². The normalized spacial score (nSPS) is 16.4. The second-order valence-corrected chi connectivity index (χ2v) is 4.94. The molecule has 0 N–H and O–H groups in total. The molecule has 2 heterocycles. The monoisotopic (exact) mass is 278 g/mol. The van der Waals surface area contributed by atoms with E-state index in [0.29, 0.717) is 5.56 Å². The number of hydrogen-bond donors (Lipinski definition) is 0. The molecule has 0 unspecified atom stereocenters. The number of likely N-dealkylation sites (tertiary alicyclic amines) is 1. The zero-order chi connectivity index (χ0) is 14.2. The number of amides is 1. The van der Waals surface area contributed by atoms with E-state index in [4.69, 9.17) is 9.47 Å². The van der Waals surface area contributed by atoms with Gasteiger partial charge in [-0.2, -0.15) is 0 Å². The first kappa shape index (κ1) is 14.9. The molecule has 1 aromatic heterocycles. The molecule has 1 aliphatic heterocycles. The van der Waals surface area contributed by atoms with Crippen LogP contribution in [0.5, 0.6) is 0 Å². The van der Waals surface area contributed by atoms with Crippen LogP contribution in [0.15, 0.2) is 24.5 Å². The molecule has 0 aromatic carbocycles. The summed E-state index contributed by atoms with van der Waals surface area (Å²) in [6.07, 6.45) is 6.31. The van der Waals surface area contributed by atoms with Crippen molar-refractivity contribution in [2.24, 2.45) is 0 Å². The Labute approximate surface area is 119 Å². The molecular weight excluding hydrogens is 256 g/mol. The van der Waals surface area contributed by atoms with E-state index in [0.717, 1.165) is 45.6 Å². The van der Waals surface area contributed by atoms with Gasteiger partial charge in [-0.25, -0.2) is 0 Å². The summed E-state index contributed by atoms with van der Waals surface area (Å²) in [5.41, 5.74) is 0.708. The molecule has 0 atom stereocenters. The maximum atomic E-state index is 12.2. The fraction of sp³-hybridized carbons (Fsp3) is 0.600. The first-order chi connectivity index (χ1) is 9.81. The third-order valence-corrected chi connectivity index (χ3v) is 3.50. The molecule has 110 valence electrons. The Morgan fingerprint density at radius 1 is 1.30 bits per heavy atom. The van der Waals surface area contributed by atoms with Crippen molar-refractivity contribution in [1.29, 1.82) is 0 Å². The molecule has 1 aliphatic rings. The summed E-state index contributed by atoms with van der Waals surface area (Å²) >= 11 is 0. The SMILES string of the molecule is COCCCOC1CCN(C(=O)c2ccncc2)CC1. The lowest BCUT2D eigenvalue weighted by molar-refractivity contribution is 0.00189. The first-order valence-electron chi connectivity index (χ1n) is 7.11. The van der Waals surface area contributed by atoms with Gasteiger partial charge < -0.3 is 14.4 Å². The van der Waals surface area contributed by atoms with Crippen LogP contribution in [0.3, 0.4) is 0 Å². The number of methoxy groups -OCH3 is 1. The van der Waals surface area contributed by atoms with E-state index in [1.165, 1.54) is 0 Å². The summed E-state index contributed by atoms with van der Waals surface area (Å²) in [5.74, 6) is 0.0882. The van der Waals surface area contributed by atoms with Crippen molar-refractivity contribution in [1.82, 2.24) is 9.88 Å². The minimum Gasteiger partial charge on any atom is -0.385 e. The van der Waals surface area contributed by atoms with Gasteiger partial charge in [0.15, 0.2) is 0 Å². The van der Waals surface area contributed by atoms with E-state index in [2.05, 4.69) is 4.98 Å². The van der Waals surface area contributed by atoms with Gasteiger partial charge in [-0.3, -0.25) is 9.78 Å². The molecule has 1 aromatic rings. The van der Waals surface area contributed by atoms with Gasteiger partial charge in [-0.1, -0.05) is 0 Å². The van der Waals surface area contributed by atoms with Crippen molar-refractivity contribution in [3.63, 3.8) is 0 Å². The third kappa shape index (κ3) is 4.28. The second kappa shape index (κ2) is 7.97. The molecule has 0 bridgehead atoms. The van der Waals surface area contributed by atoms with E-state index < -0.39 is 0 Å². The number of rotatable bonds is 6. The highest BCUT2D eigenvalue weighted by atomic mass is 16.5. The highest BCUT2D eigenvalue weighted by Crippen LogP contribution is 2.16. The van der Waals surface area contributed by atoms with Crippen LogP contribution < -0.4 is 0 Å². The topological polar surface area (TPSA) is 51.7 Å². The van der Waals surface area contributed by atoms with Gasteiger partial charge in [0.25, 0.3) is 5.91 Å². The van der Waals surface area contributed by atoms with Gasteiger partial charge in [0, 0.05) is 51.4 Å². The maximum Gasteiger partial charge on any atom is 0.253 e. The van der Waals surface area contributed by atoms with Crippen molar-refractivity contribution in [2.45, 2.75) is 25.4 Å². The molecule has 1 saturated heterocycles. The molecule has 1 amide bonds. The quantitative estimate of drug-likeness (QED) is 0.744. The number of pyridine rings is 1. The van der Waals surface area contributed by atoms with Crippen molar-refractivity contribution < 1.29 is 14.3 Å². The van der Waals surface area contributed by atoms with E-state index in [9.17, 15) is 4.79 Å². The Morgan fingerprint density at radius 3 is 2.65 bits per heavy atom. The lowest BCUT2D eigenvalue weighted by Crippen LogP contribution is -2.41. The van der Waals surface area contributed by atoms with Crippen molar-refractivity contribution in [3.8, 4) is 0 Å². The van der Waals surface area contributed by atoms with E-state index in [1.807, 2.05) is 4.90 Å². The fourth-order valence-electron chi connectivity index (χ4n) is 2.36. The second-order valence-electron chi connectivity index (χ2n) is 4.94. The van der Waals surface area contributed by atoms with Gasteiger partial charge in [-0.05, 0) is 31.4 Å². The predicted molar refractivity (Wildman–Crippen MR) is 75.6 cm³/mol. The summed E-state index contributed by atoms with van der Waals surface area (Å²) in [5, 5.41) is 0. The van der Waals surface area contributed by atoms with Crippen molar-refractivity contribution in [3.05, 3.63) is 30.1 Å². The Bertz CT molecular complexity index is 403. The number of carbonyl (C=O) groups excluding carboxylic acids is 1. The summed E-state index contributed by atoms with van der Waals surface area (Å²) in [7, 11) is 1.70. The number of ether oxygens (including phenoxy) is 2. The van der Waals surface area contributed by atoms with Crippen LogP contribution >= 0.6 is 0 Å². The third-order valence-electron chi connectivity index (χ3n) is 3.50. The molecule has 5 heteroatoms. The van der Waals surface area contributed by atoms with Crippen LogP contribution in [0.2, 0.25) is 0 Å². The van der Waals surface area contributed by atoms with Crippen LogP contribution in [0.1, 0.15) is 29.6 Å². The largest absolute Gasteiger partial charge is 0.385 e. The molecule has 0 spiro atoms. The van der Waals surface area contributed by atoms with Crippen molar-refractivity contribution in [2.75, 3.05) is 33.4 Å². The molecule has 20 heavy (non-hydrogen) atoms. The number of aromatic nitrogens is 1. The zero-order valence-electron chi connectivity index (χ0n) is 12.0. The van der Waals surface area contributed by atoms with Crippen LogP contribution in [0.25, 0.3) is 0 Å². The van der Waals surface area contributed by atoms with Crippen LogP contribution in [-0.2, 0) is 9.47 Å². The van der Waals surface area contributed by atoms with Crippen molar-refractivity contribution >= 4 is 5.91 Å². The van der Waals surface area contributed by atoms with Gasteiger partial charge in [0.1, 0.15) is 0 Å². The Kier molecular flexibility index (Phi) is 5.95. The molecule has 2 rings (SSSR count). The van der Waals surface area contributed by atoms with Gasteiger partial charge in [0.2, 0.25) is 0 Å². The maximum absolute atomic E-state index is 12.2. The lowest BCUT2D eigenvalue weighted by Gasteiger charge is -2.32. The smallest absolute Gasteiger partial charge is 0.253 e. The van der Waals surface area contributed by atoms with Gasteiger partial charge >= 0.3 is 0 Å². The molecule has 0 saturated carbocycles. The van der Waals surface area contributed by atoms with E-state index in [-0.39, 0.29) is 12.0 Å².